The summed E-state index contributed by atoms with van der Waals surface area (Å²) in [6, 6.07) is 5.78. The van der Waals surface area contributed by atoms with Crippen LogP contribution in [-0.2, 0) is 4.79 Å². The third-order valence-electron chi connectivity index (χ3n) is 3.08. The molecule has 0 saturated carbocycles. The first-order chi connectivity index (χ1) is 7.99. The Morgan fingerprint density at radius 3 is 2.88 bits per heavy atom. The summed E-state index contributed by atoms with van der Waals surface area (Å²) in [5.74, 6) is -0.820. The zero-order chi connectivity index (χ0) is 12.6. The fourth-order valence-electron chi connectivity index (χ4n) is 2.10. The Morgan fingerprint density at radius 2 is 2.24 bits per heavy atom. The SMILES string of the molecule is CC1C=C(CC(=O)O)c2cc(Cl)ccc2N1C. The predicted molar refractivity (Wildman–Crippen MR) is 69.5 cm³/mol. The van der Waals surface area contributed by atoms with Crippen molar-refractivity contribution in [2.75, 3.05) is 11.9 Å². The number of anilines is 1. The number of benzene rings is 1. The van der Waals surface area contributed by atoms with Crippen molar-refractivity contribution in [3.8, 4) is 0 Å². The molecular formula is C13H14ClNO2. The minimum absolute atomic E-state index is 0.0333. The first-order valence-electron chi connectivity index (χ1n) is 5.44. The average molecular weight is 252 g/mol. The standard InChI is InChI=1S/C13H14ClNO2/c1-8-5-9(6-13(16)17)11-7-10(14)3-4-12(11)15(8)2/h3-5,7-8H,6H2,1-2H3,(H,16,17). The molecule has 3 nitrogen and oxygen atoms in total. The molecule has 1 atom stereocenters. The number of carboxylic acid groups (broad SMARTS) is 1. The van der Waals surface area contributed by atoms with Gasteiger partial charge in [-0.05, 0) is 30.7 Å². The van der Waals surface area contributed by atoms with Gasteiger partial charge in [0.1, 0.15) is 0 Å². The molecule has 1 aromatic carbocycles. The maximum atomic E-state index is 10.9. The maximum absolute atomic E-state index is 10.9. The Kier molecular flexibility index (Phi) is 3.11. The van der Waals surface area contributed by atoms with Crippen molar-refractivity contribution in [3.05, 3.63) is 34.9 Å². The number of aliphatic carboxylic acids is 1. The molecular weight excluding hydrogens is 238 g/mol. The summed E-state index contributed by atoms with van der Waals surface area (Å²) < 4.78 is 0. The molecule has 0 fully saturated rings. The van der Waals surface area contributed by atoms with Crippen LogP contribution < -0.4 is 4.90 Å². The van der Waals surface area contributed by atoms with Crippen molar-refractivity contribution in [2.45, 2.75) is 19.4 Å². The lowest BCUT2D eigenvalue weighted by atomic mass is 9.94. The lowest BCUT2D eigenvalue weighted by molar-refractivity contribution is -0.135. The molecule has 0 spiro atoms. The van der Waals surface area contributed by atoms with Crippen LogP contribution in [0.5, 0.6) is 0 Å². The minimum atomic E-state index is -0.820. The van der Waals surface area contributed by atoms with E-state index in [1.165, 1.54) is 0 Å². The Bertz CT molecular complexity index is 496. The Hall–Kier alpha value is -1.48. The second-order valence-electron chi connectivity index (χ2n) is 4.28. The van der Waals surface area contributed by atoms with E-state index < -0.39 is 5.97 Å². The summed E-state index contributed by atoms with van der Waals surface area (Å²) in [5.41, 5.74) is 2.78. The number of carboxylic acids is 1. The van der Waals surface area contributed by atoms with E-state index in [0.717, 1.165) is 16.8 Å². The zero-order valence-corrected chi connectivity index (χ0v) is 10.5. The van der Waals surface area contributed by atoms with Crippen LogP contribution in [0.1, 0.15) is 18.9 Å². The van der Waals surface area contributed by atoms with Crippen molar-refractivity contribution in [2.24, 2.45) is 0 Å². The number of nitrogens with zero attached hydrogens (tertiary/aromatic N) is 1. The minimum Gasteiger partial charge on any atom is -0.481 e. The highest BCUT2D eigenvalue weighted by Gasteiger charge is 2.22. The lowest BCUT2D eigenvalue weighted by Gasteiger charge is -2.32. The molecule has 2 rings (SSSR count). The Labute approximate surface area is 105 Å². The summed E-state index contributed by atoms with van der Waals surface area (Å²) >= 11 is 5.97. The molecule has 4 heteroatoms. The van der Waals surface area contributed by atoms with Crippen LogP contribution >= 0.6 is 11.6 Å². The highest BCUT2D eigenvalue weighted by atomic mass is 35.5. The zero-order valence-electron chi connectivity index (χ0n) is 9.77. The molecule has 0 saturated heterocycles. The van der Waals surface area contributed by atoms with Gasteiger partial charge in [0.05, 0.1) is 6.42 Å². The third-order valence-corrected chi connectivity index (χ3v) is 3.31. The van der Waals surface area contributed by atoms with Gasteiger partial charge < -0.3 is 10.0 Å². The number of rotatable bonds is 2. The molecule has 0 aliphatic carbocycles. The van der Waals surface area contributed by atoms with Crippen LogP contribution in [0.25, 0.3) is 5.57 Å². The van der Waals surface area contributed by atoms with Crippen LogP contribution in [0.15, 0.2) is 24.3 Å². The van der Waals surface area contributed by atoms with Gasteiger partial charge in [0.25, 0.3) is 0 Å². The molecule has 0 bridgehead atoms. The fraction of sp³-hybridized carbons (Fsp3) is 0.308. The van der Waals surface area contributed by atoms with Gasteiger partial charge >= 0.3 is 5.97 Å². The van der Waals surface area contributed by atoms with Crippen LogP contribution in [0, 0.1) is 0 Å². The van der Waals surface area contributed by atoms with E-state index in [9.17, 15) is 4.79 Å². The van der Waals surface area contributed by atoms with Gasteiger partial charge in [0.15, 0.2) is 0 Å². The van der Waals surface area contributed by atoms with Gasteiger partial charge in [0.2, 0.25) is 0 Å². The van der Waals surface area contributed by atoms with Gasteiger partial charge in [0, 0.05) is 29.4 Å². The average Bonchev–Trinajstić information content (AvgIpc) is 2.25. The van der Waals surface area contributed by atoms with E-state index in [-0.39, 0.29) is 12.5 Å². The number of hydrogen-bond donors (Lipinski definition) is 1. The Morgan fingerprint density at radius 1 is 1.53 bits per heavy atom. The quantitative estimate of drug-likeness (QED) is 0.878. The third kappa shape index (κ3) is 2.29. The molecule has 1 aliphatic heterocycles. The highest BCUT2D eigenvalue weighted by Crippen LogP contribution is 2.36. The first kappa shape index (κ1) is 12.0. The molecule has 1 aromatic rings. The molecule has 0 radical (unpaired) electrons. The summed E-state index contributed by atoms with van der Waals surface area (Å²) in [4.78, 5) is 13.0. The van der Waals surface area contributed by atoms with Gasteiger partial charge in [-0.15, -0.1) is 0 Å². The molecule has 1 aliphatic rings. The summed E-state index contributed by atoms with van der Waals surface area (Å²) in [6.45, 7) is 2.04. The molecule has 90 valence electrons. The van der Waals surface area contributed by atoms with Crippen molar-refractivity contribution < 1.29 is 9.90 Å². The highest BCUT2D eigenvalue weighted by molar-refractivity contribution is 6.31. The van der Waals surface area contributed by atoms with Crippen molar-refractivity contribution in [1.82, 2.24) is 0 Å². The van der Waals surface area contributed by atoms with Crippen molar-refractivity contribution >= 4 is 28.8 Å². The molecule has 1 heterocycles. The summed E-state index contributed by atoms with van der Waals surface area (Å²) in [6.07, 6.45) is 2.01. The predicted octanol–water partition coefficient (Wildman–Crippen LogP) is 3.04. The van der Waals surface area contributed by atoms with Crippen LogP contribution in [-0.4, -0.2) is 24.2 Å². The topological polar surface area (TPSA) is 40.5 Å². The van der Waals surface area contributed by atoms with Crippen LogP contribution in [0.2, 0.25) is 5.02 Å². The maximum Gasteiger partial charge on any atom is 0.307 e. The number of halogens is 1. The number of carbonyl (C=O) groups is 1. The van der Waals surface area contributed by atoms with Crippen molar-refractivity contribution in [1.29, 1.82) is 0 Å². The number of likely N-dealkylation sites (N-methyl/N-ethyl adjacent to an activating group) is 1. The second-order valence-corrected chi connectivity index (χ2v) is 4.71. The number of hydrogen-bond acceptors (Lipinski definition) is 2. The van der Waals surface area contributed by atoms with Gasteiger partial charge in [-0.25, -0.2) is 0 Å². The molecule has 1 unspecified atom stereocenters. The van der Waals surface area contributed by atoms with E-state index in [0.29, 0.717) is 5.02 Å². The lowest BCUT2D eigenvalue weighted by Crippen LogP contribution is -2.31. The van der Waals surface area contributed by atoms with Gasteiger partial charge in [-0.2, -0.15) is 0 Å². The van der Waals surface area contributed by atoms with Gasteiger partial charge in [-0.3, -0.25) is 4.79 Å². The van der Waals surface area contributed by atoms with E-state index in [4.69, 9.17) is 16.7 Å². The van der Waals surface area contributed by atoms with E-state index in [1.54, 1.807) is 0 Å². The molecule has 17 heavy (non-hydrogen) atoms. The molecule has 1 N–H and O–H groups in total. The largest absolute Gasteiger partial charge is 0.481 e. The van der Waals surface area contributed by atoms with E-state index >= 15 is 0 Å². The Balaban J connectivity index is 2.51. The monoisotopic (exact) mass is 251 g/mol. The number of fused-ring (bicyclic) bond motifs is 1. The van der Waals surface area contributed by atoms with Crippen molar-refractivity contribution in [3.63, 3.8) is 0 Å². The van der Waals surface area contributed by atoms with Crippen LogP contribution in [0.4, 0.5) is 5.69 Å². The fourth-order valence-corrected chi connectivity index (χ4v) is 2.27. The van der Waals surface area contributed by atoms with E-state index in [1.807, 2.05) is 38.2 Å². The summed E-state index contributed by atoms with van der Waals surface area (Å²) in [5, 5.41) is 9.55. The van der Waals surface area contributed by atoms with Crippen LogP contribution in [0.3, 0.4) is 0 Å². The smallest absolute Gasteiger partial charge is 0.307 e. The second kappa shape index (κ2) is 4.41. The van der Waals surface area contributed by atoms with Gasteiger partial charge in [-0.1, -0.05) is 17.7 Å². The normalized spacial score (nSPS) is 18.6. The molecule has 0 amide bonds. The molecule has 0 aromatic heterocycles. The first-order valence-corrected chi connectivity index (χ1v) is 5.82. The van der Waals surface area contributed by atoms with E-state index in [2.05, 4.69) is 4.90 Å². The summed E-state index contributed by atoms with van der Waals surface area (Å²) in [7, 11) is 1.99.